The highest BCUT2D eigenvalue weighted by atomic mass is 35.5. The third kappa shape index (κ3) is 6.05. The van der Waals surface area contributed by atoms with Crippen LogP contribution in [0.2, 0.25) is 5.02 Å². The van der Waals surface area contributed by atoms with E-state index in [1.807, 2.05) is 37.5 Å². The number of aryl methyl sites for hydroxylation is 2. The quantitative estimate of drug-likeness (QED) is 0.361. The number of anilines is 1. The summed E-state index contributed by atoms with van der Waals surface area (Å²) in [6.45, 7) is 8.62. The lowest BCUT2D eigenvalue weighted by Crippen LogP contribution is -2.44. The van der Waals surface area contributed by atoms with Gasteiger partial charge in [0.05, 0.1) is 12.8 Å². The van der Waals surface area contributed by atoms with E-state index in [0.29, 0.717) is 6.04 Å². The minimum atomic E-state index is 0.333. The van der Waals surface area contributed by atoms with Crippen LogP contribution in [-0.2, 0) is 6.54 Å². The molecule has 2 heterocycles. The molecule has 1 aromatic carbocycles. The molecule has 1 aliphatic rings. The summed E-state index contributed by atoms with van der Waals surface area (Å²) >= 11 is 6.21. The van der Waals surface area contributed by atoms with Gasteiger partial charge in [0, 0.05) is 56.2 Å². The van der Waals surface area contributed by atoms with Gasteiger partial charge in [0.25, 0.3) is 0 Å². The molecule has 0 aliphatic carbocycles. The predicted octanol–water partition coefficient (Wildman–Crippen LogP) is 3.47. The molecule has 164 valence electrons. The summed E-state index contributed by atoms with van der Waals surface area (Å²) in [5.74, 6) is 2.81. The van der Waals surface area contributed by atoms with Gasteiger partial charge in [-0.15, -0.1) is 0 Å². The van der Waals surface area contributed by atoms with Gasteiger partial charge in [0.1, 0.15) is 11.6 Å². The van der Waals surface area contributed by atoms with E-state index in [0.717, 1.165) is 80.2 Å². The zero-order valence-electron chi connectivity index (χ0n) is 18.2. The van der Waals surface area contributed by atoms with Gasteiger partial charge in [-0.1, -0.05) is 11.6 Å². The van der Waals surface area contributed by atoms with Crippen molar-refractivity contribution in [2.75, 3.05) is 38.2 Å². The molecule has 2 N–H and O–H groups in total. The monoisotopic (exact) mass is 432 g/mol. The van der Waals surface area contributed by atoms with Crippen molar-refractivity contribution in [3.63, 3.8) is 0 Å². The molecule has 0 saturated carbocycles. The van der Waals surface area contributed by atoms with Crippen molar-refractivity contribution >= 4 is 23.2 Å². The van der Waals surface area contributed by atoms with Gasteiger partial charge in [-0.2, -0.15) is 0 Å². The fourth-order valence-electron chi connectivity index (χ4n) is 3.75. The Hall–Kier alpha value is -2.41. The predicted molar refractivity (Wildman–Crippen MR) is 124 cm³/mol. The van der Waals surface area contributed by atoms with Crippen molar-refractivity contribution in [2.24, 2.45) is 4.99 Å². The Morgan fingerprint density at radius 3 is 2.97 bits per heavy atom. The Balaban J connectivity index is 1.49. The number of nitrogens with zero attached hydrogens (tertiary/aromatic N) is 4. The maximum Gasteiger partial charge on any atom is 0.191 e. The highest BCUT2D eigenvalue weighted by molar-refractivity contribution is 6.30. The van der Waals surface area contributed by atoms with Crippen LogP contribution in [0.1, 0.15) is 32.0 Å². The molecule has 3 rings (SSSR count). The number of aromatic nitrogens is 2. The number of imidazole rings is 1. The SMILES string of the molecule is CCNC(=NCCCCn1ccnc1C)NC1CCN(c2cc(Cl)ccc2OC)C1. The molecule has 1 aliphatic heterocycles. The number of benzene rings is 1. The van der Waals surface area contributed by atoms with Crippen LogP contribution in [0, 0.1) is 6.92 Å². The van der Waals surface area contributed by atoms with Gasteiger partial charge in [-0.3, -0.25) is 4.99 Å². The molecule has 1 aromatic heterocycles. The summed E-state index contributed by atoms with van der Waals surface area (Å²) in [5, 5.41) is 7.68. The highest BCUT2D eigenvalue weighted by Gasteiger charge is 2.25. The number of halogens is 1. The number of rotatable bonds is 9. The van der Waals surface area contributed by atoms with Crippen LogP contribution < -0.4 is 20.3 Å². The molecule has 30 heavy (non-hydrogen) atoms. The molecule has 1 unspecified atom stereocenters. The Labute approximate surface area is 184 Å². The van der Waals surface area contributed by atoms with E-state index in [2.05, 4.69) is 32.0 Å². The van der Waals surface area contributed by atoms with Crippen molar-refractivity contribution in [3.8, 4) is 5.75 Å². The van der Waals surface area contributed by atoms with Gasteiger partial charge in [-0.05, 0) is 51.3 Å². The van der Waals surface area contributed by atoms with E-state index in [9.17, 15) is 0 Å². The number of hydrogen-bond donors (Lipinski definition) is 2. The summed E-state index contributed by atoms with van der Waals surface area (Å²) in [7, 11) is 1.70. The number of hydrogen-bond acceptors (Lipinski definition) is 4. The van der Waals surface area contributed by atoms with Crippen LogP contribution in [0.5, 0.6) is 5.75 Å². The van der Waals surface area contributed by atoms with Crippen molar-refractivity contribution in [2.45, 2.75) is 45.7 Å². The Kier molecular flexibility index (Phi) is 8.25. The van der Waals surface area contributed by atoms with Crippen molar-refractivity contribution in [1.29, 1.82) is 0 Å². The Morgan fingerprint density at radius 2 is 2.23 bits per heavy atom. The first kappa shape index (κ1) is 22.3. The zero-order valence-corrected chi connectivity index (χ0v) is 19.0. The lowest BCUT2D eigenvalue weighted by atomic mass is 10.2. The van der Waals surface area contributed by atoms with E-state index in [1.54, 1.807) is 7.11 Å². The van der Waals surface area contributed by atoms with Gasteiger partial charge < -0.3 is 24.8 Å². The Morgan fingerprint density at radius 1 is 1.37 bits per heavy atom. The first-order valence-corrected chi connectivity index (χ1v) is 11.1. The summed E-state index contributed by atoms with van der Waals surface area (Å²) in [6.07, 6.45) is 7.06. The van der Waals surface area contributed by atoms with Gasteiger partial charge in [0.15, 0.2) is 5.96 Å². The molecular formula is C22H33ClN6O. The molecule has 1 saturated heterocycles. The van der Waals surface area contributed by atoms with E-state index in [1.165, 1.54) is 0 Å². The lowest BCUT2D eigenvalue weighted by Gasteiger charge is -2.22. The van der Waals surface area contributed by atoms with E-state index in [-0.39, 0.29) is 0 Å². The number of aliphatic imine (C=N–C) groups is 1. The second-order valence-electron chi connectivity index (χ2n) is 7.53. The van der Waals surface area contributed by atoms with E-state index in [4.69, 9.17) is 21.3 Å². The lowest BCUT2D eigenvalue weighted by molar-refractivity contribution is 0.415. The third-order valence-corrected chi connectivity index (χ3v) is 5.59. The summed E-state index contributed by atoms with van der Waals surface area (Å²) in [6, 6.07) is 6.10. The number of ether oxygens (including phenoxy) is 1. The summed E-state index contributed by atoms with van der Waals surface area (Å²) in [4.78, 5) is 11.4. The van der Waals surface area contributed by atoms with Crippen molar-refractivity contribution < 1.29 is 4.74 Å². The van der Waals surface area contributed by atoms with Crippen LogP contribution in [0.4, 0.5) is 5.69 Å². The molecule has 0 amide bonds. The zero-order chi connectivity index (χ0) is 21.3. The van der Waals surface area contributed by atoms with Gasteiger partial charge >= 0.3 is 0 Å². The molecular weight excluding hydrogens is 400 g/mol. The van der Waals surface area contributed by atoms with Crippen LogP contribution in [0.3, 0.4) is 0 Å². The van der Waals surface area contributed by atoms with E-state index >= 15 is 0 Å². The minimum absolute atomic E-state index is 0.333. The number of nitrogens with one attached hydrogen (secondary N) is 2. The standard InChI is InChI=1S/C22H33ClN6O/c1-4-24-22(26-10-5-6-12-28-14-11-25-17(28)2)27-19-9-13-29(16-19)20-15-18(23)7-8-21(20)30-3/h7-8,11,14-15,19H,4-6,9-10,12-13,16H2,1-3H3,(H2,24,26,27). The van der Waals surface area contributed by atoms with Gasteiger partial charge in [0.2, 0.25) is 0 Å². The summed E-state index contributed by atoms with van der Waals surface area (Å²) < 4.78 is 7.70. The number of methoxy groups -OCH3 is 1. The maximum atomic E-state index is 6.21. The first-order valence-electron chi connectivity index (χ1n) is 10.7. The summed E-state index contributed by atoms with van der Waals surface area (Å²) in [5.41, 5.74) is 1.05. The van der Waals surface area contributed by atoms with Gasteiger partial charge in [-0.25, -0.2) is 4.98 Å². The highest BCUT2D eigenvalue weighted by Crippen LogP contribution is 2.33. The third-order valence-electron chi connectivity index (χ3n) is 5.36. The minimum Gasteiger partial charge on any atom is -0.495 e. The molecule has 0 bridgehead atoms. The van der Waals surface area contributed by atoms with Crippen LogP contribution in [-0.4, -0.2) is 54.8 Å². The number of unbranched alkanes of at least 4 members (excludes halogenated alkanes) is 1. The van der Waals surface area contributed by atoms with E-state index < -0.39 is 0 Å². The average molecular weight is 433 g/mol. The molecule has 1 fully saturated rings. The van der Waals surface area contributed by atoms with Crippen LogP contribution in [0.15, 0.2) is 35.6 Å². The molecule has 1 atom stereocenters. The first-order chi connectivity index (χ1) is 14.6. The van der Waals surface area contributed by atoms with Crippen LogP contribution in [0.25, 0.3) is 0 Å². The molecule has 0 radical (unpaired) electrons. The fraction of sp³-hybridized carbons (Fsp3) is 0.545. The fourth-order valence-corrected chi connectivity index (χ4v) is 3.91. The van der Waals surface area contributed by atoms with Crippen LogP contribution >= 0.6 is 11.6 Å². The topological polar surface area (TPSA) is 66.7 Å². The van der Waals surface area contributed by atoms with Crippen molar-refractivity contribution in [3.05, 3.63) is 41.4 Å². The molecule has 2 aromatic rings. The van der Waals surface area contributed by atoms with Crippen molar-refractivity contribution in [1.82, 2.24) is 20.2 Å². The second-order valence-corrected chi connectivity index (χ2v) is 7.96. The average Bonchev–Trinajstić information content (AvgIpc) is 3.37. The Bertz CT molecular complexity index is 837. The number of guanidine groups is 1. The maximum absolute atomic E-state index is 6.21. The largest absolute Gasteiger partial charge is 0.495 e. The second kappa shape index (κ2) is 11.1. The molecule has 0 spiro atoms. The smallest absolute Gasteiger partial charge is 0.191 e. The normalized spacial score (nSPS) is 16.7. The molecule has 8 heteroatoms. The molecule has 7 nitrogen and oxygen atoms in total.